The van der Waals surface area contributed by atoms with Gasteiger partial charge >= 0.3 is 12.0 Å². The van der Waals surface area contributed by atoms with Crippen LogP contribution in [0.25, 0.3) is 0 Å². The number of urea groups is 1. The molecule has 0 saturated carbocycles. The molecule has 18 heavy (non-hydrogen) atoms. The van der Waals surface area contributed by atoms with E-state index in [9.17, 15) is 9.59 Å². The first-order valence-electron chi connectivity index (χ1n) is 5.15. The number of nitrogens with one attached hydrogen (secondary N) is 2. The summed E-state index contributed by atoms with van der Waals surface area (Å²) in [6, 6.07) is 1.80. The lowest BCUT2D eigenvalue weighted by Crippen LogP contribution is -2.46. The molecule has 1 atom stereocenters. The predicted molar refractivity (Wildman–Crippen MR) is 67.8 cm³/mol. The third-order valence-corrected chi connectivity index (χ3v) is 3.30. The van der Waals surface area contributed by atoms with Crippen LogP contribution in [0, 0.1) is 0 Å². The lowest BCUT2D eigenvalue weighted by Gasteiger charge is -2.13. The lowest BCUT2D eigenvalue weighted by atomic mass is 10.2. The van der Waals surface area contributed by atoms with Gasteiger partial charge in [0.15, 0.2) is 0 Å². The Hall–Kier alpha value is -1.31. The van der Waals surface area contributed by atoms with Crippen LogP contribution in [0.1, 0.15) is 11.3 Å². The number of halogens is 1. The summed E-state index contributed by atoms with van der Waals surface area (Å²) < 4.78 is 0.621. The van der Waals surface area contributed by atoms with Gasteiger partial charge in [-0.15, -0.1) is 11.3 Å². The highest BCUT2D eigenvalue weighted by atomic mass is 35.5. The summed E-state index contributed by atoms with van der Waals surface area (Å²) in [5, 5.41) is 22.2. The minimum atomic E-state index is -1.18. The Morgan fingerprint density at radius 3 is 2.67 bits per heavy atom. The molecule has 0 aliphatic carbocycles. The Balaban J connectivity index is 2.38. The van der Waals surface area contributed by atoms with E-state index in [4.69, 9.17) is 21.8 Å². The number of rotatable bonds is 6. The fourth-order valence-electron chi connectivity index (χ4n) is 1.21. The number of aliphatic carboxylic acids is 1. The van der Waals surface area contributed by atoms with E-state index < -0.39 is 18.0 Å². The van der Waals surface area contributed by atoms with Crippen molar-refractivity contribution in [2.45, 2.75) is 19.0 Å². The van der Waals surface area contributed by atoms with Crippen LogP contribution >= 0.6 is 22.9 Å². The molecular weight excluding hydrogens is 280 g/mol. The van der Waals surface area contributed by atoms with E-state index in [1.807, 2.05) is 0 Å². The summed E-state index contributed by atoms with van der Waals surface area (Å²) in [6.45, 7) is -0.0353. The number of amides is 2. The second-order valence-electron chi connectivity index (χ2n) is 3.44. The zero-order chi connectivity index (χ0) is 13.5. The minimum Gasteiger partial charge on any atom is -0.480 e. The zero-order valence-electron chi connectivity index (χ0n) is 9.35. The average Bonchev–Trinajstić information content (AvgIpc) is 2.72. The average molecular weight is 293 g/mol. The van der Waals surface area contributed by atoms with Gasteiger partial charge in [-0.3, -0.25) is 0 Å². The van der Waals surface area contributed by atoms with Gasteiger partial charge in [0, 0.05) is 17.9 Å². The maximum atomic E-state index is 11.4. The second-order valence-corrected chi connectivity index (χ2v) is 5.24. The first kappa shape index (κ1) is 14.7. The van der Waals surface area contributed by atoms with Crippen molar-refractivity contribution in [3.63, 3.8) is 0 Å². The molecular formula is C10H13ClN2O4S. The van der Waals surface area contributed by atoms with Gasteiger partial charge in [0.05, 0.1) is 10.9 Å². The molecule has 0 aliphatic heterocycles. The molecule has 6 nitrogen and oxygen atoms in total. The first-order chi connectivity index (χ1) is 8.52. The molecule has 0 fully saturated rings. The van der Waals surface area contributed by atoms with Crippen molar-refractivity contribution < 1.29 is 19.8 Å². The van der Waals surface area contributed by atoms with E-state index in [1.54, 1.807) is 12.1 Å². The molecule has 4 N–H and O–H groups in total. The molecule has 1 aromatic rings. The van der Waals surface area contributed by atoms with Crippen LogP contribution in [0.15, 0.2) is 12.1 Å². The molecule has 0 radical (unpaired) electrons. The summed E-state index contributed by atoms with van der Waals surface area (Å²) >= 11 is 7.06. The Labute approximate surface area is 113 Å². The summed E-state index contributed by atoms with van der Waals surface area (Å²) in [6.07, 6.45) is -0.0341. The van der Waals surface area contributed by atoms with Crippen molar-refractivity contribution in [1.29, 1.82) is 0 Å². The fourth-order valence-corrected chi connectivity index (χ4v) is 2.24. The quantitative estimate of drug-likeness (QED) is 0.629. The number of aliphatic hydroxyl groups is 1. The van der Waals surface area contributed by atoms with Crippen LogP contribution in [-0.4, -0.2) is 34.9 Å². The first-order valence-corrected chi connectivity index (χ1v) is 6.34. The van der Waals surface area contributed by atoms with Crippen molar-refractivity contribution in [2.24, 2.45) is 0 Å². The maximum Gasteiger partial charge on any atom is 0.326 e. The standard InChI is InChI=1S/C10H13ClN2O4S/c11-8-2-1-6(18-8)5-12-10(17)13-7(3-4-14)9(15)16/h1-2,7,14H,3-5H2,(H,15,16)(H2,12,13,17). The van der Waals surface area contributed by atoms with Crippen LogP contribution in [0.2, 0.25) is 4.34 Å². The molecule has 0 aromatic carbocycles. The maximum absolute atomic E-state index is 11.4. The number of carbonyl (C=O) groups is 2. The van der Waals surface area contributed by atoms with E-state index >= 15 is 0 Å². The van der Waals surface area contributed by atoms with Crippen molar-refractivity contribution in [3.05, 3.63) is 21.3 Å². The number of aliphatic hydroxyl groups excluding tert-OH is 1. The monoisotopic (exact) mass is 292 g/mol. The Morgan fingerprint density at radius 1 is 1.44 bits per heavy atom. The van der Waals surface area contributed by atoms with Crippen LogP contribution in [-0.2, 0) is 11.3 Å². The van der Waals surface area contributed by atoms with Gasteiger partial charge in [0.2, 0.25) is 0 Å². The molecule has 0 saturated heterocycles. The molecule has 0 spiro atoms. The smallest absolute Gasteiger partial charge is 0.326 e. The van der Waals surface area contributed by atoms with E-state index in [0.29, 0.717) is 4.34 Å². The summed E-state index contributed by atoms with van der Waals surface area (Å²) in [4.78, 5) is 23.0. The summed E-state index contributed by atoms with van der Waals surface area (Å²) in [5.74, 6) is -1.18. The highest BCUT2D eigenvalue weighted by Gasteiger charge is 2.18. The van der Waals surface area contributed by atoms with Crippen molar-refractivity contribution in [1.82, 2.24) is 10.6 Å². The summed E-state index contributed by atoms with van der Waals surface area (Å²) in [5.41, 5.74) is 0. The Kier molecular flexibility index (Phi) is 5.90. The van der Waals surface area contributed by atoms with E-state index in [2.05, 4.69) is 10.6 Å². The number of carbonyl (C=O) groups excluding carboxylic acids is 1. The molecule has 0 aliphatic rings. The number of hydrogen-bond acceptors (Lipinski definition) is 4. The third kappa shape index (κ3) is 4.91. The van der Waals surface area contributed by atoms with E-state index in [0.717, 1.165) is 4.88 Å². The van der Waals surface area contributed by atoms with Gasteiger partial charge < -0.3 is 20.8 Å². The van der Waals surface area contributed by atoms with Crippen LogP contribution in [0.3, 0.4) is 0 Å². The van der Waals surface area contributed by atoms with E-state index in [1.165, 1.54) is 11.3 Å². The largest absolute Gasteiger partial charge is 0.480 e. The SMILES string of the molecule is O=C(NCc1ccc(Cl)s1)NC(CCO)C(=O)O. The fraction of sp³-hybridized carbons (Fsp3) is 0.400. The molecule has 1 rings (SSSR count). The predicted octanol–water partition coefficient (Wildman–Crippen LogP) is 1.04. The normalized spacial score (nSPS) is 11.9. The van der Waals surface area contributed by atoms with Crippen molar-refractivity contribution in [2.75, 3.05) is 6.61 Å². The summed E-state index contributed by atoms with van der Waals surface area (Å²) in [7, 11) is 0. The van der Waals surface area contributed by atoms with Crippen LogP contribution in [0.4, 0.5) is 4.79 Å². The second kappa shape index (κ2) is 7.20. The van der Waals surface area contributed by atoms with Crippen molar-refractivity contribution >= 4 is 34.9 Å². The molecule has 1 aromatic heterocycles. The topological polar surface area (TPSA) is 98.7 Å². The van der Waals surface area contributed by atoms with Gasteiger partial charge in [0.1, 0.15) is 6.04 Å². The minimum absolute atomic E-state index is 0.0341. The zero-order valence-corrected chi connectivity index (χ0v) is 10.9. The lowest BCUT2D eigenvalue weighted by molar-refractivity contribution is -0.139. The number of carboxylic acid groups (broad SMARTS) is 1. The Morgan fingerprint density at radius 2 is 2.17 bits per heavy atom. The van der Waals surface area contributed by atoms with Gasteiger partial charge in [-0.25, -0.2) is 9.59 Å². The van der Waals surface area contributed by atoms with Gasteiger partial charge in [-0.1, -0.05) is 11.6 Å². The van der Waals surface area contributed by atoms with Crippen molar-refractivity contribution in [3.8, 4) is 0 Å². The third-order valence-electron chi connectivity index (χ3n) is 2.07. The number of thiophene rings is 1. The molecule has 2 amide bonds. The molecule has 8 heteroatoms. The molecule has 1 unspecified atom stereocenters. The molecule has 100 valence electrons. The van der Waals surface area contributed by atoms with Crippen LogP contribution in [0.5, 0.6) is 0 Å². The number of hydrogen-bond donors (Lipinski definition) is 4. The highest BCUT2D eigenvalue weighted by Crippen LogP contribution is 2.20. The Bertz CT molecular complexity index is 424. The molecule has 1 heterocycles. The van der Waals surface area contributed by atoms with Gasteiger partial charge in [-0.05, 0) is 12.1 Å². The van der Waals surface area contributed by atoms with Gasteiger partial charge in [-0.2, -0.15) is 0 Å². The highest BCUT2D eigenvalue weighted by molar-refractivity contribution is 7.16. The van der Waals surface area contributed by atoms with E-state index in [-0.39, 0.29) is 19.6 Å². The van der Waals surface area contributed by atoms with Gasteiger partial charge in [0.25, 0.3) is 0 Å². The molecule has 0 bridgehead atoms. The van der Waals surface area contributed by atoms with Crippen LogP contribution < -0.4 is 10.6 Å². The number of carboxylic acids is 1.